The van der Waals surface area contributed by atoms with Crippen LogP contribution >= 0.6 is 24.0 Å². The molecule has 48 heavy (non-hydrogen) atoms. The lowest BCUT2D eigenvalue weighted by Crippen LogP contribution is -2.52. The monoisotopic (exact) mass is 694 g/mol. The van der Waals surface area contributed by atoms with Gasteiger partial charge in [-0.05, 0) is 112 Å². The number of hydrogen-bond donors (Lipinski definition) is 3. The Labute approximate surface area is 292 Å². The highest BCUT2D eigenvalue weighted by molar-refractivity contribution is 6.28. The van der Waals surface area contributed by atoms with Gasteiger partial charge in [-0.1, -0.05) is 24.3 Å². The molecular formula is C35H44Cl2N8O3. The van der Waals surface area contributed by atoms with Gasteiger partial charge in [0.15, 0.2) is 5.82 Å². The van der Waals surface area contributed by atoms with Crippen molar-refractivity contribution in [2.24, 2.45) is 23.3 Å². The van der Waals surface area contributed by atoms with Gasteiger partial charge >= 0.3 is 0 Å². The van der Waals surface area contributed by atoms with Gasteiger partial charge in [0.05, 0.1) is 6.61 Å². The summed E-state index contributed by atoms with van der Waals surface area (Å²) in [6.07, 6.45) is 6.12. The van der Waals surface area contributed by atoms with Gasteiger partial charge in [0, 0.05) is 48.0 Å². The van der Waals surface area contributed by atoms with Gasteiger partial charge < -0.3 is 21.1 Å². The van der Waals surface area contributed by atoms with Crippen LogP contribution in [0.1, 0.15) is 37.7 Å². The summed E-state index contributed by atoms with van der Waals surface area (Å²) >= 11 is 5.93. The van der Waals surface area contributed by atoms with Crippen LogP contribution < -0.4 is 21.1 Å². The van der Waals surface area contributed by atoms with Crippen molar-refractivity contribution in [3.05, 3.63) is 77.7 Å². The molecule has 1 fully saturated rings. The predicted octanol–water partition coefficient (Wildman–Crippen LogP) is 5.13. The summed E-state index contributed by atoms with van der Waals surface area (Å²) in [5.74, 6) is 0.492. The van der Waals surface area contributed by atoms with E-state index in [2.05, 4.69) is 25.1 Å². The summed E-state index contributed by atoms with van der Waals surface area (Å²) < 4.78 is 5.79. The van der Waals surface area contributed by atoms with Crippen molar-refractivity contribution in [1.29, 1.82) is 0 Å². The SMILES string of the molecule is CN(C)CCCOc1ccc(-c2cccc(C[C@@H](C(N)=O)N(C(=O)C3CCC(CN)CC3)c3ccc(-c4n[nH]c(Cl)n4)cc3)c2)cn1.Cl. The number of ether oxygens (including phenoxy) is 1. The molecule has 1 atom stereocenters. The van der Waals surface area contributed by atoms with Crippen molar-refractivity contribution in [2.75, 3.05) is 38.7 Å². The van der Waals surface area contributed by atoms with Gasteiger partial charge in [-0.2, -0.15) is 10.1 Å². The van der Waals surface area contributed by atoms with Gasteiger partial charge in [0.25, 0.3) is 0 Å². The Hall–Kier alpha value is -4.03. The smallest absolute Gasteiger partial charge is 0.240 e. The van der Waals surface area contributed by atoms with Crippen molar-refractivity contribution < 1.29 is 14.3 Å². The fraction of sp³-hybridized carbons (Fsp3) is 0.400. The van der Waals surface area contributed by atoms with Crippen LogP contribution in [0.2, 0.25) is 5.28 Å². The molecule has 2 amide bonds. The standard InChI is InChI=1S/C35H43ClN8O3.ClH/c1-43(2)17-4-18-47-31-16-13-28(22-39-31)27-6-3-5-24(19-27)20-30(32(38)45)44(34(46)26-9-7-23(21-37)8-10-26)29-14-11-25(12-15-29)33-40-35(36)42-41-33;/h3,5-6,11-16,19,22-23,26,30H,4,7-10,17-18,20-21,37H2,1-2H3,(H2,38,45)(H,40,41,42);1H/t23?,26?,30-;/m0./s1. The molecule has 2 aromatic carbocycles. The lowest BCUT2D eigenvalue weighted by molar-refractivity contribution is -0.127. The van der Waals surface area contributed by atoms with Crippen molar-refractivity contribution >= 4 is 41.5 Å². The molecule has 11 nitrogen and oxygen atoms in total. The molecule has 2 heterocycles. The zero-order chi connectivity index (χ0) is 33.3. The first-order valence-electron chi connectivity index (χ1n) is 16.1. The Morgan fingerprint density at radius 2 is 1.75 bits per heavy atom. The molecule has 256 valence electrons. The number of halogens is 2. The highest BCUT2D eigenvalue weighted by Gasteiger charge is 2.36. The van der Waals surface area contributed by atoms with E-state index in [0.717, 1.165) is 48.1 Å². The van der Waals surface area contributed by atoms with Crippen molar-refractivity contribution in [1.82, 2.24) is 25.1 Å². The molecule has 1 aliphatic rings. The van der Waals surface area contributed by atoms with Gasteiger partial charge in [-0.15, -0.1) is 12.4 Å². The zero-order valence-corrected chi connectivity index (χ0v) is 28.9. The first-order chi connectivity index (χ1) is 22.7. The first kappa shape index (κ1) is 36.8. The molecule has 4 aromatic rings. The van der Waals surface area contributed by atoms with Crippen LogP contribution in [0, 0.1) is 11.8 Å². The number of primary amides is 1. The average Bonchev–Trinajstić information content (AvgIpc) is 3.53. The fourth-order valence-corrected chi connectivity index (χ4v) is 6.18. The highest BCUT2D eigenvalue weighted by Crippen LogP contribution is 2.33. The van der Waals surface area contributed by atoms with E-state index >= 15 is 0 Å². The van der Waals surface area contributed by atoms with E-state index in [1.54, 1.807) is 23.2 Å². The summed E-state index contributed by atoms with van der Waals surface area (Å²) in [6.45, 7) is 2.15. The number of amides is 2. The van der Waals surface area contributed by atoms with E-state index in [-0.39, 0.29) is 35.9 Å². The number of pyridine rings is 1. The quantitative estimate of drug-likeness (QED) is 0.153. The number of nitrogens with zero attached hydrogens (tertiary/aromatic N) is 5. The minimum atomic E-state index is -0.912. The summed E-state index contributed by atoms with van der Waals surface area (Å²) in [5, 5.41) is 6.92. The second-order valence-electron chi connectivity index (χ2n) is 12.4. The van der Waals surface area contributed by atoms with Crippen LogP contribution in [-0.2, 0) is 16.0 Å². The zero-order valence-electron chi connectivity index (χ0n) is 27.3. The second kappa shape index (κ2) is 17.4. The van der Waals surface area contributed by atoms with Gasteiger partial charge in [0.1, 0.15) is 6.04 Å². The normalized spacial score (nSPS) is 16.6. The number of anilines is 1. The van der Waals surface area contributed by atoms with Crippen molar-refractivity contribution in [2.45, 2.75) is 44.6 Å². The molecule has 0 bridgehead atoms. The van der Waals surface area contributed by atoms with Gasteiger partial charge in [-0.3, -0.25) is 14.5 Å². The molecular weight excluding hydrogens is 651 g/mol. The van der Waals surface area contributed by atoms with E-state index in [9.17, 15) is 9.59 Å². The Balaban J connectivity index is 0.00000520. The highest BCUT2D eigenvalue weighted by atomic mass is 35.5. The molecule has 13 heteroatoms. The number of aromatic amines is 1. The molecule has 0 aliphatic heterocycles. The van der Waals surface area contributed by atoms with Gasteiger partial charge in [-0.25, -0.2) is 10.1 Å². The third kappa shape index (κ3) is 9.53. The molecule has 1 aliphatic carbocycles. The molecule has 5 N–H and O–H groups in total. The van der Waals surface area contributed by atoms with Crippen LogP contribution in [0.4, 0.5) is 5.69 Å². The summed E-state index contributed by atoms with van der Waals surface area (Å²) in [5.41, 5.74) is 16.0. The van der Waals surface area contributed by atoms with Crippen LogP contribution in [0.5, 0.6) is 5.88 Å². The topological polar surface area (TPSA) is 156 Å². The minimum absolute atomic E-state index is 0. The fourth-order valence-electron chi connectivity index (χ4n) is 6.06. The number of aromatic nitrogens is 4. The molecule has 0 spiro atoms. The van der Waals surface area contributed by atoms with E-state index in [4.69, 9.17) is 27.8 Å². The van der Waals surface area contributed by atoms with Crippen molar-refractivity contribution in [3.63, 3.8) is 0 Å². The maximum absolute atomic E-state index is 14.3. The number of nitrogens with two attached hydrogens (primary N) is 2. The number of carbonyl (C=O) groups is 2. The summed E-state index contributed by atoms with van der Waals surface area (Å²) in [7, 11) is 4.07. The van der Waals surface area contributed by atoms with Crippen molar-refractivity contribution in [3.8, 4) is 28.4 Å². The van der Waals surface area contributed by atoms with Crippen LogP contribution in [-0.4, -0.2) is 76.7 Å². The molecule has 5 rings (SSSR count). The number of H-pyrrole nitrogens is 1. The summed E-state index contributed by atoms with van der Waals surface area (Å²) in [4.78, 5) is 39.8. The Bertz CT molecular complexity index is 1620. The minimum Gasteiger partial charge on any atom is -0.478 e. The lowest BCUT2D eigenvalue weighted by Gasteiger charge is -2.35. The van der Waals surface area contributed by atoms with E-state index in [0.29, 0.717) is 49.3 Å². The van der Waals surface area contributed by atoms with Crippen LogP contribution in [0.15, 0.2) is 66.9 Å². The third-order valence-corrected chi connectivity index (χ3v) is 8.86. The number of nitrogens with one attached hydrogen (secondary N) is 1. The second-order valence-corrected chi connectivity index (χ2v) is 12.7. The number of rotatable bonds is 14. The van der Waals surface area contributed by atoms with Crippen LogP contribution in [0.25, 0.3) is 22.5 Å². The largest absolute Gasteiger partial charge is 0.478 e. The maximum Gasteiger partial charge on any atom is 0.240 e. The number of benzene rings is 2. The molecule has 0 saturated heterocycles. The lowest BCUT2D eigenvalue weighted by atomic mass is 9.81. The Kier molecular flexibility index (Phi) is 13.3. The van der Waals surface area contributed by atoms with E-state index < -0.39 is 11.9 Å². The number of hydrogen-bond acceptors (Lipinski definition) is 8. The Morgan fingerprint density at radius 1 is 1.02 bits per heavy atom. The molecule has 0 radical (unpaired) electrons. The first-order valence-corrected chi connectivity index (χ1v) is 16.4. The predicted molar refractivity (Wildman–Crippen MR) is 191 cm³/mol. The van der Waals surface area contributed by atoms with E-state index in [1.165, 1.54) is 0 Å². The maximum atomic E-state index is 14.3. The third-order valence-electron chi connectivity index (χ3n) is 8.69. The molecule has 0 unspecified atom stereocenters. The van der Waals surface area contributed by atoms with Gasteiger partial charge in [0.2, 0.25) is 23.0 Å². The average molecular weight is 696 g/mol. The summed E-state index contributed by atoms with van der Waals surface area (Å²) in [6, 6.07) is 18.0. The van der Waals surface area contributed by atoms with Crippen LogP contribution in [0.3, 0.4) is 0 Å². The molecule has 1 saturated carbocycles. The Morgan fingerprint density at radius 3 is 2.35 bits per heavy atom. The number of carbonyl (C=O) groups excluding carboxylic acids is 2. The molecule has 2 aromatic heterocycles. The van der Waals surface area contributed by atoms with E-state index in [1.807, 2.05) is 62.6 Å².